The van der Waals surface area contributed by atoms with Crippen LogP contribution < -0.4 is 15.8 Å². The van der Waals surface area contributed by atoms with Crippen molar-refractivity contribution in [2.45, 2.75) is 38.4 Å². The maximum absolute atomic E-state index is 12.3. The number of aromatic nitrogens is 4. The number of benzene rings is 1. The Hall–Kier alpha value is -2.55. The van der Waals surface area contributed by atoms with Gasteiger partial charge >= 0.3 is 19.2 Å². The molecule has 2 heterocycles. The monoisotopic (exact) mass is 473 g/mol. The summed E-state index contributed by atoms with van der Waals surface area (Å²) in [6.07, 6.45) is -5.51. The third-order valence-corrected chi connectivity index (χ3v) is 5.35. The lowest BCUT2D eigenvalue weighted by molar-refractivity contribution is -0.657. The molecule has 0 bridgehead atoms. The molecule has 0 amide bonds. The Balaban J connectivity index is 2.11. The van der Waals surface area contributed by atoms with Crippen LogP contribution in [0.3, 0.4) is 0 Å². The molecular weight excluding hydrogens is 451 g/mol. The van der Waals surface area contributed by atoms with Crippen LogP contribution >= 0.6 is 7.82 Å². The number of rotatable bonds is 8. The Kier molecular flexibility index (Phi) is 6.88. The second kappa shape index (κ2) is 9.13. The molecule has 0 saturated carbocycles. The molecule has 1 aromatic carbocycles. The smallest absolute Gasteiger partial charge is 0.392 e. The second-order valence-corrected chi connectivity index (χ2v) is 8.40. The summed E-state index contributed by atoms with van der Waals surface area (Å²) in [4.78, 5) is 50.2. The van der Waals surface area contributed by atoms with Crippen molar-refractivity contribution in [3.63, 3.8) is 0 Å². The number of nitrogens with one attached hydrogen (secondary N) is 2. The van der Waals surface area contributed by atoms with Gasteiger partial charge in [-0.05, 0) is 30.2 Å². The van der Waals surface area contributed by atoms with Crippen molar-refractivity contribution in [2.75, 3.05) is 6.61 Å². The average molecular weight is 473 g/mol. The number of hydrogen-bond donors (Lipinski definition) is 8. The van der Waals surface area contributed by atoms with Crippen LogP contribution in [-0.2, 0) is 22.2 Å². The van der Waals surface area contributed by atoms with Gasteiger partial charge in [0, 0.05) is 0 Å². The number of phosphoric acid groups is 1. The van der Waals surface area contributed by atoms with E-state index in [0.29, 0.717) is 16.6 Å². The van der Waals surface area contributed by atoms with Crippen LogP contribution in [0.4, 0.5) is 0 Å². The molecule has 32 heavy (non-hydrogen) atoms. The van der Waals surface area contributed by atoms with Gasteiger partial charge in [-0.3, -0.25) is 14.3 Å². The standard InChI is InChI=1S/C17H21N4O10P/c1-7-2-9-10(3-8(7)5-22)21(15-13(18-9)16(26)20-17(27)19-15)4-11(23)14(25)12(24)6-31-32(28,29)30/h2-3,11-12,14,22-25H,4-6H2,1H3,(H3,20,26,27,28,29,30)/p+1/t11-,12+,14-/m0/s1. The number of phosphoric ester groups is 1. The molecule has 14 nitrogen and oxygen atoms in total. The van der Waals surface area contributed by atoms with E-state index in [2.05, 4.69) is 14.5 Å². The average Bonchev–Trinajstić information content (AvgIpc) is 2.70. The Labute approximate surface area is 178 Å². The van der Waals surface area contributed by atoms with Gasteiger partial charge in [0.1, 0.15) is 30.4 Å². The summed E-state index contributed by atoms with van der Waals surface area (Å²) in [7, 11) is -4.91. The minimum Gasteiger partial charge on any atom is -0.392 e. The van der Waals surface area contributed by atoms with Crippen molar-refractivity contribution >= 4 is 30.0 Å². The number of nitrogens with zero attached hydrogens (tertiary/aromatic N) is 2. The number of aromatic amines is 2. The van der Waals surface area contributed by atoms with E-state index in [-0.39, 0.29) is 23.3 Å². The fraction of sp³-hybridized carbons (Fsp3) is 0.412. The van der Waals surface area contributed by atoms with E-state index in [9.17, 15) is 34.6 Å². The number of aliphatic hydroxyl groups excluding tert-OH is 4. The molecule has 15 heteroatoms. The van der Waals surface area contributed by atoms with E-state index in [1.807, 2.05) is 4.98 Å². The molecule has 0 aliphatic rings. The van der Waals surface area contributed by atoms with Crippen molar-refractivity contribution in [3.05, 3.63) is 44.1 Å². The summed E-state index contributed by atoms with van der Waals surface area (Å²) in [5, 5.41) is 40.2. The van der Waals surface area contributed by atoms with Crippen LogP contribution in [0.5, 0.6) is 0 Å². The second-order valence-electron chi connectivity index (χ2n) is 7.17. The van der Waals surface area contributed by atoms with E-state index in [1.165, 1.54) is 10.6 Å². The minimum atomic E-state index is -4.91. The third-order valence-electron chi connectivity index (χ3n) is 4.87. The molecule has 0 spiro atoms. The molecular formula is C17H22N4O10P+. The normalized spacial score (nSPS) is 15.2. The molecule has 3 rings (SSSR count). The number of H-pyrrole nitrogens is 2. The lowest BCUT2D eigenvalue weighted by Crippen LogP contribution is -2.51. The highest BCUT2D eigenvalue weighted by Crippen LogP contribution is 2.35. The van der Waals surface area contributed by atoms with Gasteiger partial charge in [-0.1, -0.05) is 0 Å². The highest BCUT2D eigenvalue weighted by atomic mass is 31.2. The van der Waals surface area contributed by atoms with E-state index < -0.39 is 50.5 Å². The third kappa shape index (κ3) is 5.09. The van der Waals surface area contributed by atoms with Crippen LogP contribution in [0, 0.1) is 6.92 Å². The van der Waals surface area contributed by atoms with Crippen LogP contribution in [-0.4, -0.2) is 70.1 Å². The Bertz CT molecular complexity index is 1320. The van der Waals surface area contributed by atoms with Gasteiger partial charge in [0.25, 0.3) is 5.56 Å². The molecule has 8 N–H and O–H groups in total. The summed E-state index contributed by atoms with van der Waals surface area (Å²) in [5.74, 6) is 0. The minimum absolute atomic E-state index is 0.0915. The van der Waals surface area contributed by atoms with Gasteiger partial charge in [0.05, 0.1) is 13.2 Å². The maximum atomic E-state index is 12.3. The lowest BCUT2D eigenvalue weighted by atomic mass is 10.1. The summed E-state index contributed by atoms with van der Waals surface area (Å²) < 4.78 is 16.2. The fourth-order valence-corrected chi connectivity index (χ4v) is 3.57. The van der Waals surface area contributed by atoms with Crippen molar-refractivity contribution in [1.82, 2.24) is 15.0 Å². The summed E-state index contributed by atoms with van der Waals surface area (Å²) in [5.41, 5.74) is -0.149. The highest BCUT2D eigenvalue weighted by Gasteiger charge is 2.31. The zero-order valence-electron chi connectivity index (χ0n) is 16.7. The van der Waals surface area contributed by atoms with Crippen molar-refractivity contribution < 1.29 is 43.9 Å². The Morgan fingerprint density at radius 3 is 2.47 bits per heavy atom. The first-order chi connectivity index (χ1) is 14.9. The van der Waals surface area contributed by atoms with Crippen molar-refractivity contribution in [2.24, 2.45) is 0 Å². The van der Waals surface area contributed by atoms with Crippen LogP contribution in [0.2, 0.25) is 0 Å². The number of aryl methyl sites for hydroxylation is 1. The summed E-state index contributed by atoms with van der Waals surface area (Å²) >= 11 is 0. The molecule has 0 fully saturated rings. The van der Waals surface area contributed by atoms with Gasteiger partial charge in [0.15, 0.2) is 5.52 Å². The zero-order valence-corrected chi connectivity index (χ0v) is 17.6. The first-order valence-electron chi connectivity index (χ1n) is 9.25. The maximum Gasteiger partial charge on any atom is 0.469 e. The van der Waals surface area contributed by atoms with Gasteiger partial charge in [-0.2, -0.15) is 4.98 Å². The summed E-state index contributed by atoms with van der Waals surface area (Å²) in [6, 6.07) is 3.12. The Morgan fingerprint density at radius 1 is 1.16 bits per heavy atom. The molecule has 174 valence electrons. The number of hydrogen-bond acceptors (Lipinski definition) is 9. The Morgan fingerprint density at radius 2 is 1.84 bits per heavy atom. The van der Waals surface area contributed by atoms with Crippen LogP contribution in [0.1, 0.15) is 11.1 Å². The molecule has 0 aliphatic heterocycles. The first kappa shape index (κ1) is 24.1. The van der Waals surface area contributed by atoms with Gasteiger partial charge < -0.3 is 30.2 Å². The van der Waals surface area contributed by atoms with E-state index >= 15 is 0 Å². The number of aliphatic hydroxyl groups is 4. The molecule has 0 radical (unpaired) electrons. The van der Waals surface area contributed by atoms with Gasteiger partial charge in [-0.25, -0.2) is 18.9 Å². The largest absolute Gasteiger partial charge is 0.469 e. The van der Waals surface area contributed by atoms with Crippen molar-refractivity contribution in [1.29, 1.82) is 0 Å². The molecule has 0 saturated heterocycles. The quantitative estimate of drug-likeness (QED) is 0.0936. The fourth-order valence-electron chi connectivity index (χ4n) is 3.22. The van der Waals surface area contributed by atoms with Crippen LogP contribution in [0.15, 0.2) is 21.7 Å². The molecule has 3 atom stereocenters. The van der Waals surface area contributed by atoms with E-state index in [1.54, 1.807) is 13.0 Å². The van der Waals surface area contributed by atoms with Crippen LogP contribution in [0.25, 0.3) is 22.2 Å². The highest BCUT2D eigenvalue weighted by molar-refractivity contribution is 7.46. The van der Waals surface area contributed by atoms with Gasteiger partial charge in [0.2, 0.25) is 5.52 Å². The summed E-state index contributed by atoms with van der Waals surface area (Å²) in [6.45, 7) is -0.0457. The zero-order chi connectivity index (χ0) is 23.8. The molecule has 2 aromatic heterocycles. The first-order valence-corrected chi connectivity index (χ1v) is 10.8. The van der Waals surface area contributed by atoms with Gasteiger partial charge in [-0.15, -0.1) is 0 Å². The SMILES string of the molecule is Cc1cc2nc3c(=O)[nH]c(=O)[nH]c3[n+](C[C@H](O)[C@H](O)[C@H](O)COP(=O)(O)O)c2cc1CO. The predicted molar refractivity (Wildman–Crippen MR) is 107 cm³/mol. The van der Waals surface area contributed by atoms with E-state index in [4.69, 9.17) is 9.79 Å². The topological polar surface area (TPSA) is 230 Å². The lowest BCUT2D eigenvalue weighted by Gasteiger charge is -2.22. The van der Waals surface area contributed by atoms with Crippen molar-refractivity contribution in [3.8, 4) is 0 Å². The predicted octanol–water partition coefficient (Wildman–Crippen LogP) is -2.96. The molecule has 0 unspecified atom stereocenters. The van der Waals surface area contributed by atoms with E-state index in [0.717, 1.165) is 0 Å². The molecule has 3 aromatic rings. The number of fused-ring (bicyclic) bond motifs is 2. The molecule has 0 aliphatic carbocycles.